The van der Waals surface area contributed by atoms with Gasteiger partial charge in [-0.15, -0.1) is 0 Å². The molecular weight excluding hydrogens is 364 g/mol. The summed E-state index contributed by atoms with van der Waals surface area (Å²) in [5.41, 5.74) is 6.52. The summed E-state index contributed by atoms with van der Waals surface area (Å²) in [5, 5.41) is 3.11. The first-order valence-corrected chi connectivity index (χ1v) is 10.1. The molecule has 5 nitrogen and oxygen atoms in total. The van der Waals surface area contributed by atoms with Gasteiger partial charge >= 0.3 is 5.97 Å². The second-order valence-electron chi connectivity index (χ2n) is 7.08. The minimum atomic E-state index is -0.440. The standard InChI is InChI=1S/C24H28N2O3/c1-6-16-10-9-11-17(7-2)21(16)25-23(27)20-14-19(24(28)29-5)22-18(8-3)13-12-15(4)26(20)22/h9-14H,6-8H2,1-5H3,(H,25,27). The number of fused-ring (bicyclic) bond motifs is 1. The molecule has 0 aliphatic heterocycles. The van der Waals surface area contributed by atoms with Gasteiger partial charge in [-0.2, -0.15) is 0 Å². The summed E-state index contributed by atoms with van der Waals surface area (Å²) < 4.78 is 6.85. The van der Waals surface area contributed by atoms with Crippen molar-refractivity contribution in [2.45, 2.75) is 47.0 Å². The molecule has 0 radical (unpaired) electrons. The Kier molecular flexibility index (Phi) is 6.06. The van der Waals surface area contributed by atoms with Gasteiger partial charge < -0.3 is 14.5 Å². The Balaban J connectivity index is 2.18. The maximum Gasteiger partial charge on any atom is 0.340 e. The van der Waals surface area contributed by atoms with Crippen LogP contribution in [-0.4, -0.2) is 23.4 Å². The van der Waals surface area contributed by atoms with E-state index in [2.05, 4.69) is 19.2 Å². The molecular formula is C24H28N2O3. The second kappa shape index (κ2) is 8.52. The Morgan fingerprint density at radius 3 is 2.14 bits per heavy atom. The molecule has 0 aliphatic carbocycles. The van der Waals surface area contributed by atoms with Crippen molar-refractivity contribution in [2.75, 3.05) is 12.4 Å². The molecule has 1 amide bonds. The molecule has 2 heterocycles. The molecule has 29 heavy (non-hydrogen) atoms. The number of para-hydroxylation sites is 1. The van der Waals surface area contributed by atoms with Crippen LogP contribution in [0.5, 0.6) is 0 Å². The fraction of sp³-hybridized carbons (Fsp3) is 0.333. The maximum absolute atomic E-state index is 13.4. The van der Waals surface area contributed by atoms with E-state index in [9.17, 15) is 9.59 Å². The number of pyridine rings is 1. The van der Waals surface area contributed by atoms with Crippen LogP contribution in [0.3, 0.4) is 0 Å². The Hall–Kier alpha value is -3.08. The Labute approximate surface area is 171 Å². The number of nitrogens with one attached hydrogen (secondary N) is 1. The highest BCUT2D eigenvalue weighted by molar-refractivity contribution is 6.09. The zero-order valence-corrected chi connectivity index (χ0v) is 17.8. The third-order valence-electron chi connectivity index (χ3n) is 5.44. The number of hydrogen-bond donors (Lipinski definition) is 1. The van der Waals surface area contributed by atoms with E-state index in [0.717, 1.165) is 52.9 Å². The minimum absolute atomic E-state index is 0.234. The predicted octanol–water partition coefficient (Wildman–Crippen LogP) is 4.97. The van der Waals surface area contributed by atoms with Gasteiger partial charge in [0.15, 0.2) is 0 Å². The fourth-order valence-electron chi connectivity index (χ4n) is 3.87. The highest BCUT2D eigenvalue weighted by Crippen LogP contribution is 2.27. The third kappa shape index (κ3) is 3.65. The molecule has 0 saturated carbocycles. The molecule has 1 N–H and O–H groups in total. The molecule has 0 bridgehead atoms. The van der Waals surface area contributed by atoms with E-state index in [4.69, 9.17) is 4.74 Å². The van der Waals surface area contributed by atoms with Crippen LogP contribution in [0.2, 0.25) is 0 Å². The highest BCUT2D eigenvalue weighted by Gasteiger charge is 2.24. The number of esters is 1. The number of hydrogen-bond acceptors (Lipinski definition) is 3. The molecule has 5 heteroatoms. The number of rotatable bonds is 6. The summed E-state index contributed by atoms with van der Waals surface area (Å²) in [6, 6.07) is 11.7. The van der Waals surface area contributed by atoms with Crippen molar-refractivity contribution in [3.05, 3.63) is 70.0 Å². The van der Waals surface area contributed by atoms with Gasteiger partial charge in [0.25, 0.3) is 5.91 Å². The van der Waals surface area contributed by atoms with Gasteiger partial charge in [-0.1, -0.05) is 45.0 Å². The van der Waals surface area contributed by atoms with Crippen LogP contribution < -0.4 is 5.32 Å². The van der Waals surface area contributed by atoms with Crippen LogP contribution in [-0.2, 0) is 24.0 Å². The first kappa shape index (κ1) is 20.6. The SMILES string of the molecule is CCc1cccc(CC)c1NC(=O)c1cc(C(=O)OC)c2c(CC)ccc(C)n12. The molecule has 1 aromatic carbocycles. The van der Waals surface area contributed by atoms with Crippen molar-refractivity contribution < 1.29 is 14.3 Å². The number of methoxy groups -OCH3 is 1. The van der Waals surface area contributed by atoms with E-state index in [1.807, 2.05) is 48.6 Å². The quantitative estimate of drug-likeness (QED) is 0.602. The normalized spacial score (nSPS) is 10.9. The average Bonchev–Trinajstić information content (AvgIpc) is 3.15. The third-order valence-corrected chi connectivity index (χ3v) is 5.44. The van der Waals surface area contributed by atoms with Crippen LogP contribution in [0.1, 0.15) is 64.0 Å². The molecule has 0 fully saturated rings. The van der Waals surface area contributed by atoms with Gasteiger partial charge in [0.2, 0.25) is 0 Å². The van der Waals surface area contributed by atoms with Gasteiger partial charge in [0, 0.05) is 11.4 Å². The molecule has 2 aromatic heterocycles. The zero-order valence-electron chi connectivity index (χ0n) is 17.8. The van der Waals surface area contributed by atoms with Crippen molar-refractivity contribution in [3.63, 3.8) is 0 Å². The molecule has 152 valence electrons. The van der Waals surface area contributed by atoms with Gasteiger partial charge in [-0.05, 0) is 55.0 Å². The summed E-state index contributed by atoms with van der Waals surface area (Å²) in [6.45, 7) is 8.11. The summed E-state index contributed by atoms with van der Waals surface area (Å²) >= 11 is 0. The first-order chi connectivity index (χ1) is 14.0. The predicted molar refractivity (Wildman–Crippen MR) is 116 cm³/mol. The van der Waals surface area contributed by atoms with Gasteiger partial charge in [0.1, 0.15) is 5.69 Å². The van der Waals surface area contributed by atoms with E-state index >= 15 is 0 Å². The topological polar surface area (TPSA) is 59.8 Å². The van der Waals surface area contributed by atoms with Crippen LogP contribution >= 0.6 is 0 Å². The number of carbonyl (C=O) groups excluding carboxylic acids is 2. The van der Waals surface area contributed by atoms with E-state index in [1.54, 1.807) is 6.07 Å². The number of benzene rings is 1. The van der Waals surface area contributed by atoms with Crippen molar-refractivity contribution >= 4 is 23.1 Å². The van der Waals surface area contributed by atoms with Crippen LogP contribution in [0, 0.1) is 6.92 Å². The largest absolute Gasteiger partial charge is 0.465 e. The second-order valence-corrected chi connectivity index (χ2v) is 7.08. The molecule has 0 spiro atoms. The first-order valence-electron chi connectivity index (χ1n) is 10.1. The fourth-order valence-corrected chi connectivity index (χ4v) is 3.87. The molecule has 0 saturated heterocycles. The molecule has 0 aliphatic rings. The Bertz CT molecular complexity index is 1060. The summed E-state index contributed by atoms with van der Waals surface area (Å²) in [5.74, 6) is -0.674. The Morgan fingerprint density at radius 2 is 1.59 bits per heavy atom. The number of anilines is 1. The summed E-state index contributed by atoms with van der Waals surface area (Å²) in [4.78, 5) is 25.8. The number of carbonyl (C=O) groups is 2. The smallest absolute Gasteiger partial charge is 0.340 e. The number of amides is 1. The van der Waals surface area contributed by atoms with E-state index in [0.29, 0.717) is 11.3 Å². The molecule has 0 unspecified atom stereocenters. The van der Waals surface area contributed by atoms with Crippen LogP contribution in [0.15, 0.2) is 36.4 Å². The number of ether oxygens (including phenoxy) is 1. The van der Waals surface area contributed by atoms with Gasteiger partial charge in [-0.3, -0.25) is 4.79 Å². The number of nitrogens with zero attached hydrogens (tertiary/aromatic N) is 1. The van der Waals surface area contributed by atoms with Crippen LogP contribution in [0.25, 0.3) is 5.52 Å². The van der Waals surface area contributed by atoms with Gasteiger partial charge in [-0.25, -0.2) is 4.79 Å². The van der Waals surface area contributed by atoms with E-state index < -0.39 is 5.97 Å². The highest BCUT2D eigenvalue weighted by atomic mass is 16.5. The lowest BCUT2D eigenvalue weighted by Gasteiger charge is -2.15. The van der Waals surface area contributed by atoms with Crippen molar-refractivity contribution in [3.8, 4) is 0 Å². The lowest BCUT2D eigenvalue weighted by molar-refractivity contribution is 0.0603. The zero-order chi connectivity index (χ0) is 21.1. The van der Waals surface area contributed by atoms with Crippen molar-refractivity contribution in [2.24, 2.45) is 0 Å². The van der Waals surface area contributed by atoms with E-state index in [1.165, 1.54) is 7.11 Å². The number of aryl methyl sites for hydroxylation is 4. The number of aromatic nitrogens is 1. The Morgan fingerprint density at radius 1 is 0.966 bits per heavy atom. The average molecular weight is 392 g/mol. The maximum atomic E-state index is 13.4. The molecule has 0 atom stereocenters. The van der Waals surface area contributed by atoms with Crippen molar-refractivity contribution in [1.29, 1.82) is 0 Å². The van der Waals surface area contributed by atoms with Crippen LogP contribution in [0.4, 0.5) is 5.69 Å². The molecule has 3 aromatic rings. The van der Waals surface area contributed by atoms with Crippen molar-refractivity contribution in [1.82, 2.24) is 4.40 Å². The molecule has 3 rings (SSSR count). The summed E-state index contributed by atoms with van der Waals surface area (Å²) in [7, 11) is 1.36. The lowest BCUT2D eigenvalue weighted by Crippen LogP contribution is -2.17. The summed E-state index contributed by atoms with van der Waals surface area (Å²) in [6.07, 6.45) is 2.40. The van der Waals surface area contributed by atoms with Gasteiger partial charge in [0.05, 0.1) is 18.2 Å². The monoisotopic (exact) mass is 392 g/mol. The minimum Gasteiger partial charge on any atom is -0.465 e. The lowest BCUT2D eigenvalue weighted by atomic mass is 10.0. The van der Waals surface area contributed by atoms with E-state index in [-0.39, 0.29) is 5.91 Å².